The highest BCUT2D eigenvalue weighted by Crippen LogP contribution is 2.41. The number of carboxylic acid groups (broad SMARTS) is 1. The van der Waals surface area contributed by atoms with Crippen molar-refractivity contribution in [3.8, 4) is 0 Å². The number of hydrogen-bond donors (Lipinski definition) is 1. The summed E-state index contributed by atoms with van der Waals surface area (Å²) in [6.45, 7) is 6.87. The molecule has 0 aromatic heterocycles. The van der Waals surface area contributed by atoms with Crippen molar-refractivity contribution in [2.24, 2.45) is 5.41 Å². The first-order valence-corrected chi connectivity index (χ1v) is 10.6. The van der Waals surface area contributed by atoms with E-state index in [2.05, 4.69) is 15.9 Å². The van der Waals surface area contributed by atoms with Crippen molar-refractivity contribution in [1.82, 2.24) is 9.21 Å². The number of nitrogens with zero attached hydrogens (tertiary/aromatic N) is 2. The largest absolute Gasteiger partial charge is 0.465 e. The summed E-state index contributed by atoms with van der Waals surface area (Å²) in [7, 11) is -4.14. The SMILES string of the molecule is CC(C)(C)[C@@]1(C)CN(S(=O)(=O)c2ccc(C(F)(F)F)cc2Br)CCN1C(=O)O. The number of halogens is 4. The second kappa shape index (κ2) is 7.17. The van der Waals surface area contributed by atoms with E-state index in [1.54, 1.807) is 6.92 Å². The Morgan fingerprint density at radius 1 is 1.21 bits per heavy atom. The van der Waals surface area contributed by atoms with Gasteiger partial charge in [-0.3, -0.25) is 4.90 Å². The van der Waals surface area contributed by atoms with Gasteiger partial charge in [0.2, 0.25) is 10.0 Å². The lowest BCUT2D eigenvalue weighted by molar-refractivity contribution is -0.137. The second-order valence-electron chi connectivity index (χ2n) is 7.94. The predicted octanol–water partition coefficient (Wildman–Crippen LogP) is 4.26. The highest BCUT2D eigenvalue weighted by Gasteiger charge is 2.51. The maximum atomic E-state index is 13.1. The molecule has 11 heteroatoms. The molecular formula is C17H22BrF3N2O4S. The quantitative estimate of drug-likeness (QED) is 0.677. The van der Waals surface area contributed by atoms with Crippen LogP contribution >= 0.6 is 15.9 Å². The Labute approximate surface area is 170 Å². The van der Waals surface area contributed by atoms with Gasteiger partial charge in [-0.2, -0.15) is 17.5 Å². The fourth-order valence-corrected chi connectivity index (χ4v) is 5.70. The van der Waals surface area contributed by atoms with Crippen molar-refractivity contribution in [1.29, 1.82) is 0 Å². The molecule has 1 aliphatic rings. The van der Waals surface area contributed by atoms with E-state index in [0.717, 1.165) is 16.4 Å². The van der Waals surface area contributed by atoms with Crippen LogP contribution in [0.5, 0.6) is 0 Å². The maximum absolute atomic E-state index is 13.1. The van der Waals surface area contributed by atoms with Gasteiger partial charge in [-0.15, -0.1) is 0 Å². The third-order valence-corrected chi connectivity index (χ3v) is 8.20. The molecule has 0 saturated carbocycles. The standard InChI is InChI=1S/C17H22BrF3N2O4S/c1-15(2,3)16(4)10-22(7-8-23(16)14(24)25)28(26,27)13-6-5-11(9-12(13)18)17(19,20)21/h5-6,9H,7-8,10H2,1-4H3,(H,24,25)/t16-/m1/s1. The van der Waals surface area contributed by atoms with Crippen LogP contribution in [0.1, 0.15) is 33.3 Å². The van der Waals surface area contributed by atoms with E-state index >= 15 is 0 Å². The zero-order valence-corrected chi connectivity index (χ0v) is 18.2. The van der Waals surface area contributed by atoms with Gasteiger partial charge in [-0.25, -0.2) is 13.2 Å². The van der Waals surface area contributed by atoms with Crippen molar-refractivity contribution < 1.29 is 31.5 Å². The highest BCUT2D eigenvalue weighted by molar-refractivity contribution is 9.10. The monoisotopic (exact) mass is 486 g/mol. The molecule has 1 aromatic carbocycles. The van der Waals surface area contributed by atoms with Crippen LogP contribution in [-0.2, 0) is 16.2 Å². The van der Waals surface area contributed by atoms with Gasteiger partial charge in [0.1, 0.15) is 0 Å². The molecule has 2 rings (SSSR count). The van der Waals surface area contributed by atoms with Crippen LogP contribution in [0.15, 0.2) is 27.6 Å². The van der Waals surface area contributed by atoms with Crippen molar-refractivity contribution in [2.75, 3.05) is 19.6 Å². The number of carbonyl (C=O) groups is 1. The van der Waals surface area contributed by atoms with Gasteiger partial charge in [0.25, 0.3) is 0 Å². The van der Waals surface area contributed by atoms with Crippen molar-refractivity contribution in [3.05, 3.63) is 28.2 Å². The summed E-state index contributed by atoms with van der Waals surface area (Å²) in [6, 6.07) is 2.36. The first kappa shape index (κ1) is 23.0. The number of sulfonamides is 1. The van der Waals surface area contributed by atoms with Gasteiger partial charge in [0, 0.05) is 24.1 Å². The molecule has 0 unspecified atom stereocenters. The molecule has 0 spiro atoms. The summed E-state index contributed by atoms with van der Waals surface area (Å²) in [5.74, 6) is 0. The van der Waals surface area contributed by atoms with Gasteiger partial charge < -0.3 is 5.11 Å². The minimum absolute atomic E-state index is 0.0411. The number of rotatable bonds is 2. The zero-order valence-electron chi connectivity index (χ0n) is 15.8. The summed E-state index contributed by atoms with van der Waals surface area (Å²) in [5.41, 5.74) is -2.58. The third-order valence-electron chi connectivity index (χ3n) is 5.38. The number of hydrogen-bond acceptors (Lipinski definition) is 3. The number of benzene rings is 1. The summed E-state index contributed by atoms with van der Waals surface area (Å²) in [6.07, 6.45) is -5.74. The summed E-state index contributed by atoms with van der Waals surface area (Å²) >= 11 is 2.93. The second-order valence-corrected chi connectivity index (χ2v) is 10.7. The van der Waals surface area contributed by atoms with Crippen LogP contribution in [0.25, 0.3) is 0 Å². The minimum atomic E-state index is -4.59. The number of alkyl halides is 3. The lowest BCUT2D eigenvalue weighted by Crippen LogP contribution is -2.68. The molecule has 28 heavy (non-hydrogen) atoms. The average Bonchev–Trinajstić information content (AvgIpc) is 2.52. The van der Waals surface area contributed by atoms with E-state index in [-0.39, 0.29) is 29.0 Å². The molecule has 1 aromatic rings. The molecule has 1 N–H and O–H groups in total. The van der Waals surface area contributed by atoms with Crippen LogP contribution < -0.4 is 0 Å². The Hall–Kier alpha value is -1.33. The molecule has 0 radical (unpaired) electrons. The normalized spacial score (nSPS) is 22.4. The van der Waals surface area contributed by atoms with Crippen molar-refractivity contribution in [2.45, 2.75) is 44.3 Å². The predicted molar refractivity (Wildman–Crippen MR) is 100 cm³/mol. The molecule has 158 valence electrons. The van der Waals surface area contributed by atoms with Gasteiger partial charge in [-0.05, 0) is 46.5 Å². The Morgan fingerprint density at radius 2 is 1.79 bits per heavy atom. The van der Waals surface area contributed by atoms with Crippen LogP contribution in [-0.4, -0.2) is 54.0 Å². The molecule has 1 amide bonds. The third kappa shape index (κ3) is 4.02. The van der Waals surface area contributed by atoms with E-state index < -0.39 is 38.8 Å². The fraction of sp³-hybridized carbons (Fsp3) is 0.588. The van der Waals surface area contributed by atoms with Crippen LogP contribution in [0.2, 0.25) is 0 Å². The topological polar surface area (TPSA) is 77.9 Å². The van der Waals surface area contributed by atoms with E-state index in [9.17, 15) is 31.5 Å². The molecule has 0 aliphatic carbocycles. The summed E-state index contributed by atoms with van der Waals surface area (Å²) in [5, 5.41) is 9.54. The molecule has 1 atom stereocenters. The average molecular weight is 487 g/mol. The van der Waals surface area contributed by atoms with Gasteiger partial charge in [-0.1, -0.05) is 20.8 Å². The summed E-state index contributed by atoms with van der Waals surface area (Å²) < 4.78 is 65.7. The Morgan fingerprint density at radius 3 is 2.21 bits per heavy atom. The maximum Gasteiger partial charge on any atom is 0.416 e. The van der Waals surface area contributed by atoms with Gasteiger partial charge >= 0.3 is 12.3 Å². The van der Waals surface area contributed by atoms with E-state index in [1.165, 1.54) is 4.90 Å². The smallest absolute Gasteiger partial charge is 0.416 e. The Balaban J connectivity index is 2.46. The number of piperazine rings is 1. The highest BCUT2D eigenvalue weighted by atomic mass is 79.9. The number of amides is 1. The zero-order chi connectivity index (χ0) is 21.7. The lowest BCUT2D eigenvalue weighted by atomic mass is 9.73. The first-order chi connectivity index (χ1) is 12.5. The molecule has 1 fully saturated rings. The molecule has 6 nitrogen and oxygen atoms in total. The van der Waals surface area contributed by atoms with Crippen molar-refractivity contribution in [3.63, 3.8) is 0 Å². The fourth-order valence-electron chi connectivity index (χ4n) is 3.15. The van der Waals surface area contributed by atoms with E-state index in [1.807, 2.05) is 20.8 Å². The lowest BCUT2D eigenvalue weighted by Gasteiger charge is -2.53. The molecule has 1 aliphatic heterocycles. The molecule has 1 saturated heterocycles. The Bertz CT molecular complexity index is 883. The van der Waals surface area contributed by atoms with Crippen LogP contribution in [0, 0.1) is 5.41 Å². The molecule has 0 bridgehead atoms. The minimum Gasteiger partial charge on any atom is -0.465 e. The van der Waals surface area contributed by atoms with Crippen molar-refractivity contribution >= 4 is 32.0 Å². The van der Waals surface area contributed by atoms with Crippen LogP contribution in [0.4, 0.5) is 18.0 Å². The summed E-state index contributed by atoms with van der Waals surface area (Å²) in [4.78, 5) is 12.6. The van der Waals surface area contributed by atoms with E-state index in [4.69, 9.17) is 0 Å². The molecular weight excluding hydrogens is 465 g/mol. The first-order valence-electron chi connectivity index (χ1n) is 8.39. The van der Waals surface area contributed by atoms with E-state index in [0.29, 0.717) is 6.07 Å². The molecule has 1 heterocycles. The van der Waals surface area contributed by atoms with Crippen LogP contribution in [0.3, 0.4) is 0 Å². The van der Waals surface area contributed by atoms with Gasteiger partial charge in [0.05, 0.1) is 16.0 Å². The van der Waals surface area contributed by atoms with Gasteiger partial charge in [0.15, 0.2) is 0 Å². The Kier molecular flexibility index (Phi) is 5.88.